The fraction of sp³-hybridized carbons (Fsp3) is 0.211. The van der Waals surface area contributed by atoms with E-state index in [1.54, 1.807) is 6.07 Å². The van der Waals surface area contributed by atoms with Gasteiger partial charge in [0, 0.05) is 35.8 Å². The fourth-order valence-corrected chi connectivity index (χ4v) is 3.79. The average molecular weight is 358 g/mol. The number of nitrogens with one attached hydrogen (secondary N) is 1. The molecule has 2 heterocycles. The van der Waals surface area contributed by atoms with E-state index in [2.05, 4.69) is 39.4 Å². The van der Waals surface area contributed by atoms with Gasteiger partial charge in [0.05, 0.1) is 16.9 Å². The molecule has 0 atom stereocenters. The minimum absolute atomic E-state index is 0.636. The maximum atomic E-state index is 6.36. The molecular weight excluding hydrogens is 341 g/mol. The summed E-state index contributed by atoms with van der Waals surface area (Å²) in [5, 5.41) is 8.59. The van der Waals surface area contributed by atoms with Gasteiger partial charge in [0.25, 0.3) is 0 Å². The van der Waals surface area contributed by atoms with Crippen LogP contribution in [0.5, 0.6) is 0 Å². The molecule has 1 aliphatic heterocycles. The molecule has 1 N–H and O–H groups in total. The largest absolute Gasteiger partial charge is 0.294 e. The van der Waals surface area contributed by atoms with E-state index >= 15 is 0 Å². The summed E-state index contributed by atoms with van der Waals surface area (Å²) < 4.78 is 0. The van der Waals surface area contributed by atoms with Crippen molar-refractivity contribution in [3.8, 4) is 11.3 Å². The van der Waals surface area contributed by atoms with Crippen LogP contribution < -0.4 is 0 Å². The summed E-state index contributed by atoms with van der Waals surface area (Å²) >= 11 is 12.4. The molecule has 0 fully saturated rings. The molecule has 0 saturated heterocycles. The van der Waals surface area contributed by atoms with Gasteiger partial charge in [0.15, 0.2) is 0 Å². The van der Waals surface area contributed by atoms with E-state index in [1.165, 1.54) is 11.1 Å². The molecule has 0 radical (unpaired) electrons. The molecule has 1 aliphatic rings. The summed E-state index contributed by atoms with van der Waals surface area (Å²) in [7, 11) is 0. The molecule has 4 rings (SSSR count). The van der Waals surface area contributed by atoms with Crippen LogP contribution in [-0.4, -0.2) is 21.6 Å². The number of rotatable bonds is 3. The number of aromatic amines is 1. The quantitative estimate of drug-likeness (QED) is 0.719. The number of hydrogen-bond donors (Lipinski definition) is 1. The number of halogens is 2. The van der Waals surface area contributed by atoms with E-state index in [9.17, 15) is 0 Å². The predicted molar refractivity (Wildman–Crippen MR) is 98.3 cm³/mol. The zero-order valence-corrected chi connectivity index (χ0v) is 14.6. The highest BCUT2D eigenvalue weighted by molar-refractivity contribution is 6.36. The molecule has 0 amide bonds. The molecule has 0 aliphatic carbocycles. The van der Waals surface area contributed by atoms with Crippen LogP contribution in [0.25, 0.3) is 11.3 Å². The summed E-state index contributed by atoms with van der Waals surface area (Å²) in [6.07, 6.45) is 2.98. The van der Waals surface area contributed by atoms with Crippen LogP contribution in [0.2, 0.25) is 10.0 Å². The van der Waals surface area contributed by atoms with Crippen molar-refractivity contribution in [1.82, 2.24) is 15.1 Å². The lowest BCUT2D eigenvalue weighted by molar-refractivity contribution is 0.246. The Morgan fingerprint density at radius 2 is 1.92 bits per heavy atom. The number of nitrogens with zero attached hydrogens (tertiary/aromatic N) is 2. The Labute approximate surface area is 151 Å². The lowest BCUT2D eigenvalue weighted by Crippen LogP contribution is -2.30. The standard InChI is InChI=1S/C19H17Cl2N3/c20-16-5-6-17(18(21)9-16)19-15(10-22-23-19)12-24-8-7-13-3-1-2-4-14(13)11-24/h1-6,9-10H,7-8,11-12H2,(H,22,23). The number of H-pyrrole nitrogens is 1. The maximum absolute atomic E-state index is 6.36. The SMILES string of the molecule is Clc1ccc(-c2[nH]ncc2CN2CCc3ccccc3C2)c(Cl)c1. The van der Waals surface area contributed by atoms with Crippen LogP contribution in [0.1, 0.15) is 16.7 Å². The molecule has 3 nitrogen and oxygen atoms in total. The Bertz CT molecular complexity index is 873. The minimum Gasteiger partial charge on any atom is -0.294 e. The van der Waals surface area contributed by atoms with Crippen LogP contribution in [0.3, 0.4) is 0 Å². The summed E-state index contributed by atoms with van der Waals surface area (Å²) in [5.74, 6) is 0. The number of aromatic nitrogens is 2. The summed E-state index contributed by atoms with van der Waals surface area (Å²) in [6, 6.07) is 14.2. The third kappa shape index (κ3) is 3.07. The summed E-state index contributed by atoms with van der Waals surface area (Å²) in [4.78, 5) is 2.44. The predicted octanol–water partition coefficient (Wildman–Crippen LogP) is 4.94. The first kappa shape index (κ1) is 15.7. The van der Waals surface area contributed by atoms with Crippen LogP contribution in [0, 0.1) is 0 Å². The smallest absolute Gasteiger partial charge is 0.0710 e. The first-order chi connectivity index (χ1) is 11.7. The Morgan fingerprint density at radius 1 is 1.08 bits per heavy atom. The number of fused-ring (bicyclic) bond motifs is 1. The second-order valence-electron chi connectivity index (χ2n) is 6.12. The third-order valence-electron chi connectivity index (χ3n) is 4.52. The first-order valence-electron chi connectivity index (χ1n) is 7.97. The highest BCUT2D eigenvalue weighted by Crippen LogP contribution is 2.32. The third-order valence-corrected chi connectivity index (χ3v) is 5.07. The van der Waals surface area contributed by atoms with E-state index in [4.69, 9.17) is 23.2 Å². The maximum Gasteiger partial charge on any atom is 0.0710 e. The van der Waals surface area contributed by atoms with Gasteiger partial charge in [-0.05, 0) is 35.7 Å². The van der Waals surface area contributed by atoms with Gasteiger partial charge in [0.1, 0.15) is 0 Å². The van der Waals surface area contributed by atoms with E-state index < -0.39 is 0 Å². The normalized spacial score (nSPS) is 14.6. The molecule has 24 heavy (non-hydrogen) atoms. The summed E-state index contributed by atoms with van der Waals surface area (Å²) in [6.45, 7) is 2.87. The van der Waals surface area contributed by atoms with Crippen molar-refractivity contribution in [2.24, 2.45) is 0 Å². The first-order valence-corrected chi connectivity index (χ1v) is 8.73. The summed E-state index contributed by atoms with van der Waals surface area (Å²) in [5.41, 5.74) is 5.93. The van der Waals surface area contributed by atoms with E-state index in [-0.39, 0.29) is 0 Å². The molecule has 0 unspecified atom stereocenters. The topological polar surface area (TPSA) is 31.9 Å². The highest BCUT2D eigenvalue weighted by atomic mass is 35.5. The van der Waals surface area contributed by atoms with E-state index in [0.717, 1.165) is 42.9 Å². The molecule has 0 bridgehead atoms. The lowest BCUT2D eigenvalue weighted by Gasteiger charge is -2.28. The molecular formula is C19H17Cl2N3. The monoisotopic (exact) mass is 357 g/mol. The lowest BCUT2D eigenvalue weighted by atomic mass is 9.99. The van der Waals surface area contributed by atoms with Crippen LogP contribution in [0.4, 0.5) is 0 Å². The van der Waals surface area contributed by atoms with Crippen molar-refractivity contribution in [1.29, 1.82) is 0 Å². The van der Waals surface area contributed by atoms with Gasteiger partial charge < -0.3 is 0 Å². The van der Waals surface area contributed by atoms with Crippen molar-refractivity contribution >= 4 is 23.2 Å². The van der Waals surface area contributed by atoms with Crippen molar-refractivity contribution in [2.45, 2.75) is 19.5 Å². The van der Waals surface area contributed by atoms with Crippen molar-refractivity contribution in [3.05, 3.63) is 75.4 Å². The van der Waals surface area contributed by atoms with E-state index in [1.807, 2.05) is 18.3 Å². The Kier molecular flexibility index (Phi) is 4.31. The minimum atomic E-state index is 0.636. The Hall–Kier alpha value is -1.81. The second kappa shape index (κ2) is 6.60. The molecule has 2 aromatic carbocycles. The molecule has 3 aromatic rings. The Morgan fingerprint density at radius 3 is 2.75 bits per heavy atom. The van der Waals surface area contributed by atoms with Gasteiger partial charge >= 0.3 is 0 Å². The van der Waals surface area contributed by atoms with Crippen molar-refractivity contribution in [2.75, 3.05) is 6.54 Å². The zero-order chi connectivity index (χ0) is 16.5. The number of benzene rings is 2. The van der Waals surface area contributed by atoms with Gasteiger partial charge in [-0.15, -0.1) is 0 Å². The van der Waals surface area contributed by atoms with Gasteiger partial charge in [0.2, 0.25) is 0 Å². The molecule has 1 aromatic heterocycles. The zero-order valence-electron chi connectivity index (χ0n) is 13.1. The van der Waals surface area contributed by atoms with Crippen molar-refractivity contribution < 1.29 is 0 Å². The second-order valence-corrected chi connectivity index (χ2v) is 6.97. The van der Waals surface area contributed by atoms with E-state index in [0.29, 0.717) is 10.0 Å². The molecule has 5 heteroatoms. The molecule has 122 valence electrons. The molecule has 0 spiro atoms. The number of hydrogen-bond acceptors (Lipinski definition) is 2. The van der Waals surface area contributed by atoms with Crippen LogP contribution >= 0.6 is 23.2 Å². The van der Waals surface area contributed by atoms with Crippen molar-refractivity contribution in [3.63, 3.8) is 0 Å². The van der Waals surface area contributed by atoms with Crippen LogP contribution in [0.15, 0.2) is 48.7 Å². The van der Waals surface area contributed by atoms with Crippen LogP contribution in [-0.2, 0) is 19.5 Å². The molecule has 0 saturated carbocycles. The highest BCUT2D eigenvalue weighted by Gasteiger charge is 2.19. The fourth-order valence-electron chi connectivity index (χ4n) is 3.29. The van der Waals surface area contributed by atoms with Gasteiger partial charge in [-0.2, -0.15) is 5.10 Å². The Balaban J connectivity index is 1.58. The van der Waals surface area contributed by atoms with Gasteiger partial charge in [-0.25, -0.2) is 0 Å². The van der Waals surface area contributed by atoms with Gasteiger partial charge in [-0.3, -0.25) is 10.00 Å². The average Bonchev–Trinajstić information content (AvgIpc) is 3.03. The van der Waals surface area contributed by atoms with Gasteiger partial charge in [-0.1, -0.05) is 47.5 Å².